The molecular weight excluding hydrogens is 182 g/mol. The number of rotatable bonds is 2. The van der Waals surface area contributed by atoms with E-state index >= 15 is 0 Å². The quantitative estimate of drug-likeness (QED) is 0.739. The third-order valence-corrected chi connectivity index (χ3v) is 5.44. The Balaban J connectivity index is 1.58. The summed E-state index contributed by atoms with van der Waals surface area (Å²) in [5.41, 5.74) is 6.51. The molecule has 15 heavy (non-hydrogen) atoms. The highest BCUT2D eigenvalue weighted by atomic mass is 14.8. The molecule has 3 fully saturated rings. The van der Waals surface area contributed by atoms with Crippen molar-refractivity contribution >= 4 is 0 Å². The summed E-state index contributed by atoms with van der Waals surface area (Å²) >= 11 is 0. The van der Waals surface area contributed by atoms with E-state index in [1.54, 1.807) is 0 Å². The van der Waals surface area contributed by atoms with Crippen LogP contribution < -0.4 is 5.73 Å². The summed E-state index contributed by atoms with van der Waals surface area (Å²) in [6.07, 6.45) is 10.2. The first kappa shape index (κ1) is 10.1. The van der Waals surface area contributed by atoms with Crippen LogP contribution >= 0.6 is 0 Å². The van der Waals surface area contributed by atoms with Gasteiger partial charge in [0.1, 0.15) is 0 Å². The van der Waals surface area contributed by atoms with Crippen LogP contribution in [0.3, 0.4) is 0 Å². The van der Waals surface area contributed by atoms with Gasteiger partial charge in [0.15, 0.2) is 0 Å². The minimum absolute atomic E-state index is 0.558. The van der Waals surface area contributed by atoms with Crippen LogP contribution in [0.25, 0.3) is 0 Å². The van der Waals surface area contributed by atoms with Crippen LogP contribution in [-0.4, -0.2) is 6.04 Å². The van der Waals surface area contributed by atoms with Crippen LogP contribution in [0.5, 0.6) is 0 Å². The molecule has 86 valence electrons. The van der Waals surface area contributed by atoms with Crippen LogP contribution in [0, 0.1) is 29.6 Å². The first-order valence-electron chi connectivity index (χ1n) is 7.03. The summed E-state index contributed by atoms with van der Waals surface area (Å²) in [4.78, 5) is 0. The van der Waals surface area contributed by atoms with E-state index in [4.69, 9.17) is 5.73 Å². The molecule has 3 aliphatic carbocycles. The highest BCUT2D eigenvalue weighted by molar-refractivity contribution is 5.07. The van der Waals surface area contributed by atoms with E-state index < -0.39 is 0 Å². The molecule has 1 nitrogen and oxygen atoms in total. The zero-order chi connectivity index (χ0) is 10.4. The largest absolute Gasteiger partial charge is 0.327 e. The predicted molar refractivity (Wildman–Crippen MR) is 63.4 cm³/mol. The molecule has 3 aliphatic rings. The van der Waals surface area contributed by atoms with E-state index in [-0.39, 0.29) is 0 Å². The van der Waals surface area contributed by atoms with Crippen LogP contribution in [0.15, 0.2) is 0 Å². The van der Waals surface area contributed by atoms with Crippen molar-refractivity contribution in [3.05, 3.63) is 0 Å². The second kappa shape index (κ2) is 3.76. The topological polar surface area (TPSA) is 26.0 Å². The summed E-state index contributed by atoms with van der Waals surface area (Å²) in [6.45, 7) is 2.41. The van der Waals surface area contributed by atoms with E-state index in [1.807, 2.05) is 0 Å². The molecule has 0 aromatic carbocycles. The van der Waals surface area contributed by atoms with Crippen molar-refractivity contribution in [3.63, 3.8) is 0 Å². The molecule has 5 atom stereocenters. The third-order valence-electron chi connectivity index (χ3n) is 5.44. The molecule has 0 aromatic heterocycles. The molecule has 0 aliphatic heterocycles. The van der Waals surface area contributed by atoms with Gasteiger partial charge < -0.3 is 5.73 Å². The Labute approximate surface area is 93.8 Å². The lowest BCUT2D eigenvalue weighted by Crippen LogP contribution is -2.36. The van der Waals surface area contributed by atoms with Gasteiger partial charge >= 0.3 is 0 Å². The Kier molecular flexibility index (Phi) is 2.54. The first-order valence-corrected chi connectivity index (χ1v) is 7.03. The maximum absolute atomic E-state index is 6.51. The molecule has 3 rings (SSSR count). The van der Waals surface area contributed by atoms with E-state index in [0.717, 1.165) is 29.6 Å². The number of fused-ring (bicyclic) bond motifs is 1. The molecule has 0 radical (unpaired) electrons. The minimum atomic E-state index is 0.558. The van der Waals surface area contributed by atoms with Gasteiger partial charge in [0, 0.05) is 6.04 Å². The third kappa shape index (κ3) is 1.73. The summed E-state index contributed by atoms with van der Waals surface area (Å²) in [5.74, 6) is 4.85. The summed E-state index contributed by atoms with van der Waals surface area (Å²) in [7, 11) is 0. The van der Waals surface area contributed by atoms with Gasteiger partial charge in [-0.25, -0.2) is 0 Å². The number of hydrogen-bond acceptors (Lipinski definition) is 1. The number of hydrogen-bond donors (Lipinski definition) is 1. The van der Waals surface area contributed by atoms with Gasteiger partial charge in [-0.15, -0.1) is 0 Å². The monoisotopic (exact) mass is 207 g/mol. The molecule has 5 unspecified atom stereocenters. The van der Waals surface area contributed by atoms with Crippen LogP contribution in [0.2, 0.25) is 0 Å². The van der Waals surface area contributed by atoms with Crippen molar-refractivity contribution in [1.82, 2.24) is 0 Å². The smallest absolute Gasteiger partial charge is 0.0101 e. The maximum atomic E-state index is 6.51. The first-order chi connectivity index (χ1) is 7.27. The second-order valence-electron chi connectivity index (χ2n) is 6.45. The molecule has 0 bridgehead atoms. The van der Waals surface area contributed by atoms with Crippen LogP contribution in [-0.2, 0) is 0 Å². The summed E-state index contributed by atoms with van der Waals surface area (Å²) < 4.78 is 0. The van der Waals surface area contributed by atoms with Gasteiger partial charge in [0.25, 0.3) is 0 Å². The molecule has 0 amide bonds. The summed E-state index contributed by atoms with van der Waals surface area (Å²) in [6, 6.07) is 0.558. The second-order valence-corrected chi connectivity index (χ2v) is 6.45. The van der Waals surface area contributed by atoms with Crippen molar-refractivity contribution in [1.29, 1.82) is 0 Å². The SMILES string of the molecule is CC1CCCC(C(N)C2C3CCCC32)C1. The van der Waals surface area contributed by atoms with Crippen molar-refractivity contribution in [2.24, 2.45) is 35.3 Å². The van der Waals surface area contributed by atoms with E-state index in [0.29, 0.717) is 6.04 Å². The zero-order valence-electron chi connectivity index (χ0n) is 9.99. The average molecular weight is 207 g/mol. The Hall–Kier alpha value is -0.0400. The lowest BCUT2D eigenvalue weighted by molar-refractivity contribution is 0.223. The van der Waals surface area contributed by atoms with Crippen LogP contribution in [0.1, 0.15) is 51.9 Å². The summed E-state index contributed by atoms with van der Waals surface area (Å²) in [5, 5.41) is 0. The fourth-order valence-corrected chi connectivity index (χ4v) is 4.59. The Morgan fingerprint density at radius 2 is 1.67 bits per heavy atom. The molecule has 0 aromatic rings. The highest BCUT2D eigenvalue weighted by Gasteiger charge is 2.56. The number of nitrogens with two attached hydrogens (primary N) is 1. The maximum Gasteiger partial charge on any atom is 0.0101 e. The van der Waals surface area contributed by atoms with Crippen molar-refractivity contribution < 1.29 is 0 Å². The van der Waals surface area contributed by atoms with Crippen molar-refractivity contribution in [3.8, 4) is 0 Å². The van der Waals surface area contributed by atoms with Gasteiger partial charge in [-0.3, -0.25) is 0 Å². The fraction of sp³-hybridized carbons (Fsp3) is 1.00. The molecule has 2 N–H and O–H groups in total. The fourth-order valence-electron chi connectivity index (χ4n) is 4.59. The predicted octanol–water partition coefficient (Wildman–Crippen LogP) is 3.19. The minimum Gasteiger partial charge on any atom is -0.327 e. The highest BCUT2D eigenvalue weighted by Crippen LogP contribution is 2.60. The lowest BCUT2D eigenvalue weighted by Gasteiger charge is -2.32. The van der Waals surface area contributed by atoms with Gasteiger partial charge in [-0.1, -0.05) is 26.2 Å². The van der Waals surface area contributed by atoms with E-state index in [9.17, 15) is 0 Å². The van der Waals surface area contributed by atoms with Gasteiger partial charge in [0.05, 0.1) is 0 Å². The zero-order valence-corrected chi connectivity index (χ0v) is 9.99. The molecule has 3 saturated carbocycles. The standard InChI is InChI=1S/C14H25N/c1-9-4-2-5-10(8-9)14(15)13-11-6-3-7-12(11)13/h9-14H,2-8,15H2,1H3. The van der Waals surface area contributed by atoms with Crippen LogP contribution in [0.4, 0.5) is 0 Å². The molecule has 0 saturated heterocycles. The Bertz CT molecular complexity index is 227. The normalized spacial score (nSPS) is 51.2. The molecule has 0 heterocycles. The molecular formula is C14H25N. The molecule has 0 spiro atoms. The van der Waals surface area contributed by atoms with E-state index in [1.165, 1.54) is 44.9 Å². The molecule has 1 heteroatoms. The van der Waals surface area contributed by atoms with Gasteiger partial charge in [0.2, 0.25) is 0 Å². The van der Waals surface area contributed by atoms with E-state index in [2.05, 4.69) is 6.92 Å². The lowest BCUT2D eigenvalue weighted by atomic mass is 9.76. The van der Waals surface area contributed by atoms with Crippen molar-refractivity contribution in [2.75, 3.05) is 0 Å². The average Bonchev–Trinajstić information content (AvgIpc) is 2.70. The Morgan fingerprint density at radius 3 is 2.33 bits per heavy atom. The Morgan fingerprint density at radius 1 is 1.00 bits per heavy atom. The van der Waals surface area contributed by atoms with Gasteiger partial charge in [-0.05, 0) is 55.3 Å². The van der Waals surface area contributed by atoms with Crippen molar-refractivity contribution in [2.45, 2.75) is 57.9 Å². The van der Waals surface area contributed by atoms with Gasteiger partial charge in [-0.2, -0.15) is 0 Å².